The van der Waals surface area contributed by atoms with Gasteiger partial charge in [-0.05, 0) is 26.3 Å². The van der Waals surface area contributed by atoms with Crippen LogP contribution in [-0.2, 0) is 10.0 Å². The molecule has 1 aromatic heterocycles. The number of thiazole rings is 1. The van der Waals surface area contributed by atoms with E-state index in [-0.39, 0.29) is 14.7 Å². The van der Waals surface area contributed by atoms with E-state index in [1.54, 1.807) is 4.31 Å². The van der Waals surface area contributed by atoms with E-state index in [1.807, 2.05) is 6.92 Å². The quantitative estimate of drug-likeness (QED) is 0.831. The van der Waals surface area contributed by atoms with Crippen LogP contribution in [0, 0.1) is 0 Å². The first-order chi connectivity index (χ1) is 8.98. The van der Waals surface area contributed by atoms with Crippen molar-refractivity contribution in [2.75, 3.05) is 19.6 Å². The van der Waals surface area contributed by atoms with E-state index in [2.05, 4.69) is 9.88 Å². The normalized spacial score (nSPS) is 29.6. The molecule has 3 rings (SSSR count). The van der Waals surface area contributed by atoms with Crippen LogP contribution in [0.15, 0.2) is 10.4 Å². The number of piperazine rings is 1. The van der Waals surface area contributed by atoms with Crippen molar-refractivity contribution in [1.82, 2.24) is 14.2 Å². The van der Waals surface area contributed by atoms with Crippen molar-refractivity contribution >= 4 is 33.0 Å². The van der Waals surface area contributed by atoms with Crippen LogP contribution in [-0.4, -0.2) is 54.3 Å². The van der Waals surface area contributed by atoms with Gasteiger partial charge in [0.25, 0.3) is 10.0 Å². The van der Waals surface area contributed by atoms with Gasteiger partial charge in [0.1, 0.15) is 0 Å². The second-order valence-corrected chi connectivity index (χ2v) is 8.88. The third-order valence-corrected chi connectivity index (χ3v) is 7.43. The van der Waals surface area contributed by atoms with Gasteiger partial charge in [-0.2, -0.15) is 4.31 Å². The van der Waals surface area contributed by atoms with Gasteiger partial charge in [-0.25, -0.2) is 13.4 Å². The first-order valence-corrected chi connectivity index (χ1v) is 8.99. The second kappa shape index (κ2) is 4.96. The average molecular weight is 322 g/mol. The molecule has 19 heavy (non-hydrogen) atoms. The summed E-state index contributed by atoms with van der Waals surface area (Å²) < 4.78 is 27.4. The Balaban J connectivity index is 1.88. The molecule has 106 valence electrons. The number of halogens is 1. The zero-order valence-electron chi connectivity index (χ0n) is 10.6. The van der Waals surface area contributed by atoms with Crippen molar-refractivity contribution in [3.05, 3.63) is 10.7 Å². The number of aromatic nitrogens is 1. The molecule has 8 heteroatoms. The van der Waals surface area contributed by atoms with Crippen molar-refractivity contribution in [2.24, 2.45) is 0 Å². The SMILES string of the molecule is CC1CN2CCCC2CN1S(=O)(=O)c1cnc(Cl)s1. The van der Waals surface area contributed by atoms with E-state index in [0.29, 0.717) is 12.6 Å². The number of hydrogen-bond acceptors (Lipinski definition) is 5. The fourth-order valence-corrected chi connectivity index (χ4v) is 6.05. The molecule has 3 heterocycles. The van der Waals surface area contributed by atoms with Crippen LogP contribution in [0.3, 0.4) is 0 Å². The summed E-state index contributed by atoms with van der Waals surface area (Å²) in [5.74, 6) is 0. The number of fused-ring (bicyclic) bond motifs is 1. The largest absolute Gasteiger partial charge is 0.297 e. The molecule has 0 N–H and O–H groups in total. The first kappa shape index (κ1) is 13.8. The van der Waals surface area contributed by atoms with Crippen LogP contribution in [0.1, 0.15) is 19.8 Å². The van der Waals surface area contributed by atoms with E-state index in [9.17, 15) is 8.42 Å². The van der Waals surface area contributed by atoms with Crippen molar-refractivity contribution < 1.29 is 8.42 Å². The summed E-state index contributed by atoms with van der Waals surface area (Å²) in [7, 11) is -3.45. The van der Waals surface area contributed by atoms with Gasteiger partial charge >= 0.3 is 0 Å². The highest BCUT2D eigenvalue weighted by Crippen LogP contribution is 2.31. The lowest BCUT2D eigenvalue weighted by Crippen LogP contribution is -2.56. The van der Waals surface area contributed by atoms with Crippen LogP contribution in [0.5, 0.6) is 0 Å². The molecule has 0 aromatic carbocycles. The fourth-order valence-electron chi connectivity index (χ4n) is 2.97. The highest BCUT2D eigenvalue weighted by molar-refractivity contribution is 7.91. The minimum absolute atomic E-state index is 0.000209. The predicted molar refractivity (Wildman–Crippen MR) is 75.1 cm³/mol. The molecule has 2 atom stereocenters. The van der Waals surface area contributed by atoms with Gasteiger partial charge in [0.2, 0.25) is 0 Å². The molecule has 0 radical (unpaired) electrons. The van der Waals surface area contributed by atoms with Crippen molar-refractivity contribution in [3.63, 3.8) is 0 Å². The summed E-state index contributed by atoms with van der Waals surface area (Å²) in [5, 5.41) is 0. The summed E-state index contributed by atoms with van der Waals surface area (Å²) in [4.78, 5) is 6.24. The monoisotopic (exact) mass is 321 g/mol. The van der Waals surface area contributed by atoms with Crippen molar-refractivity contribution in [3.8, 4) is 0 Å². The molecule has 0 aliphatic carbocycles. The fraction of sp³-hybridized carbons (Fsp3) is 0.727. The Kier molecular flexibility index (Phi) is 3.59. The van der Waals surface area contributed by atoms with Crippen molar-refractivity contribution in [2.45, 2.75) is 36.1 Å². The second-order valence-electron chi connectivity index (χ2n) is 5.15. The summed E-state index contributed by atoms with van der Waals surface area (Å²) in [6.07, 6.45) is 3.61. The molecule has 5 nitrogen and oxygen atoms in total. The highest BCUT2D eigenvalue weighted by atomic mass is 35.5. The summed E-state index contributed by atoms with van der Waals surface area (Å²) in [5.41, 5.74) is 0. The molecule has 0 saturated carbocycles. The number of rotatable bonds is 2. The van der Waals surface area contributed by atoms with Crippen molar-refractivity contribution in [1.29, 1.82) is 0 Å². The standard InChI is InChI=1S/C11H16ClN3O2S2/c1-8-6-14-4-2-3-9(14)7-15(8)19(16,17)10-5-13-11(12)18-10/h5,8-9H,2-4,6-7H2,1H3. The lowest BCUT2D eigenvalue weighted by Gasteiger charge is -2.40. The summed E-state index contributed by atoms with van der Waals surface area (Å²) in [6.45, 7) is 4.46. The Labute approximate surface area is 122 Å². The number of sulfonamides is 1. The van der Waals surface area contributed by atoms with Gasteiger partial charge in [0.15, 0.2) is 8.68 Å². The van der Waals surface area contributed by atoms with Crippen LogP contribution in [0.25, 0.3) is 0 Å². The molecule has 0 amide bonds. The van der Waals surface area contributed by atoms with Crippen LogP contribution in [0.2, 0.25) is 4.47 Å². The topological polar surface area (TPSA) is 53.5 Å². The predicted octanol–water partition coefficient (Wildman–Crippen LogP) is 1.65. The smallest absolute Gasteiger partial charge is 0.254 e. The maximum atomic E-state index is 12.6. The van der Waals surface area contributed by atoms with E-state index in [4.69, 9.17) is 11.6 Å². The van der Waals surface area contributed by atoms with E-state index < -0.39 is 10.0 Å². The Morgan fingerprint density at radius 2 is 2.26 bits per heavy atom. The molecule has 1 aromatic rings. The van der Waals surface area contributed by atoms with Crippen LogP contribution in [0.4, 0.5) is 0 Å². The van der Waals surface area contributed by atoms with E-state index >= 15 is 0 Å². The molecule has 2 fully saturated rings. The molecule has 2 aliphatic rings. The molecule has 2 unspecified atom stereocenters. The van der Waals surface area contributed by atoms with Gasteiger partial charge in [0, 0.05) is 25.2 Å². The van der Waals surface area contributed by atoms with Gasteiger partial charge in [0.05, 0.1) is 6.20 Å². The lowest BCUT2D eigenvalue weighted by atomic mass is 10.1. The Morgan fingerprint density at radius 1 is 1.47 bits per heavy atom. The first-order valence-electron chi connectivity index (χ1n) is 6.35. The lowest BCUT2D eigenvalue weighted by molar-refractivity contribution is 0.117. The zero-order valence-corrected chi connectivity index (χ0v) is 13.0. The van der Waals surface area contributed by atoms with Gasteiger partial charge in [-0.3, -0.25) is 4.90 Å². The Hall–Kier alpha value is -0.210. The Bertz CT molecular complexity index is 574. The minimum Gasteiger partial charge on any atom is -0.297 e. The average Bonchev–Trinajstić information content (AvgIpc) is 2.96. The van der Waals surface area contributed by atoms with Gasteiger partial charge in [-0.1, -0.05) is 22.9 Å². The van der Waals surface area contributed by atoms with Gasteiger partial charge < -0.3 is 0 Å². The summed E-state index contributed by atoms with van der Waals surface area (Å²) >= 11 is 6.77. The van der Waals surface area contributed by atoms with E-state index in [0.717, 1.165) is 37.3 Å². The maximum Gasteiger partial charge on any atom is 0.254 e. The molecular formula is C11H16ClN3O2S2. The highest BCUT2D eigenvalue weighted by Gasteiger charge is 2.40. The molecule has 0 spiro atoms. The molecule has 2 aliphatic heterocycles. The van der Waals surface area contributed by atoms with Gasteiger partial charge in [-0.15, -0.1) is 0 Å². The molecule has 0 bridgehead atoms. The third kappa shape index (κ3) is 2.42. The van der Waals surface area contributed by atoms with Crippen LogP contribution < -0.4 is 0 Å². The molecule has 2 saturated heterocycles. The Morgan fingerprint density at radius 3 is 2.95 bits per heavy atom. The zero-order chi connectivity index (χ0) is 13.6. The molecular weight excluding hydrogens is 306 g/mol. The van der Waals surface area contributed by atoms with Crippen LogP contribution >= 0.6 is 22.9 Å². The van der Waals surface area contributed by atoms with E-state index in [1.165, 1.54) is 6.20 Å². The third-order valence-electron chi connectivity index (χ3n) is 3.90. The summed E-state index contributed by atoms with van der Waals surface area (Å²) in [6, 6.07) is 0.370. The maximum absolute atomic E-state index is 12.6. The number of nitrogens with zero attached hydrogens (tertiary/aromatic N) is 3. The minimum atomic E-state index is -3.45. The number of hydrogen-bond donors (Lipinski definition) is 0.